The summed E-state index contributed by atoms with van der Waals surface area (Å²) >= 11 is 0. The average molecular weight is 261 g/mol. The van der Waals surface area contributed by atoms with E-state index < -0.39 is 0 Å². The van der Waals surface area contributed by atoms with E-state index in [0.29, 0.717) is 12.1 Å². The SMILES string of the molecule is CC1CC(C)CN(C2CCC(C#N)(NC3CC3)C2)C1. The van der Waals surface area contributed by atoms with E-state index in [1.54, 1.807) is 0 Å². The molecule has 19 heavy (non-hydrogen) atoms. The second-order valence-corrected chi connectivity index (χ2v) is 7.41. The number of nitriles is 1. The molecule has 1 heterocycles. The molecule has 0 amide bonds. The van der Waals surface area contributed by atoms with Crippen LogP contribution >= 0.6 is 0 Å². The third-order valence-corrected chi connectivity index (χ3v) is 5.17. The highest BCUT2D eigenvalue weighted by atomic mass is 15.2. The van der Waals surface area contributed by atoms with Gasteiger partial charge < -0.3 is 0 Å². The molecule has 106 valence electrons. The molecule has 1 aliphatic heterocycles. The van der Waals surface area contributed by atoms with Crippen molar-refractivity contribution in [2.24, 2.45) is 11.8 Å². The lowest BCUT2D eigenvalue weighted by Crippen LogP contribution is -2.48. The molecule has 3 nitrogen and oxygen atoms in total. The zero-order chi connectivity index (χ0) is 13.5. The molecule has 0 spiro atoms. The van der Waals surface area contributed by atoms with Gasteiger partial charge in [-0.05, 0) is 50.4 Å². The fourth-order valence-electron chi connectivity index (χ4n) is 4.22. The highest BCUT2D eigenvalue weighted by Gasteiger charge is 2.45. The number of hydrogen-bond acceptors (Lipinski definition) is 3. The first-order valence-electron chi connectivity index (χ1n) is 8.03. The van der Waals surface area contributed by atoms with Gasteiger partial charge in [-0.15, -0.1) is 0 Å². The standard InChI is InChI=1S/C16H27N3/c1-12-7-13(2)10-19(9-12)15-5-6-16(8-15,11-17)18-14-3-4-14/h12-15,18H,3-10H2,1-2H3. The minimum Gasteiger partial charge on any atom is -0.300 e. The molecular weight excluding hydrogens is 234 g/mol. The van der Waals surface area contributed by atoms with Gasteiger partial charge in [0.15, 0.2) is 0 Å². The van der Waals surface area contributed by atoms with Gasteiger partial charge in [-0.3, -0.25) is 10.2 Å². The average Bonchev–Trinajstić information content (AvgIpc) is 3.05. The second-order valence-electron chi connectivity index (χ2n) is 7.41. The molecule has 0 aromatic heterocycles. The lowest BCUT2D eigenvalue weighted by Gasteiger charge is -2.39. The molecule has 0 bridgehead atoms. The molecule has 0 aromatic rings. The molecule has 0 radical (unpaired) electrons. The largest absolute Gasteiger partial charge is 0.300 e. The summed E-state index contributed by atoms with van der Waals surface area (Å²) in [5.41, 5.74) is -0.213. The number of nitrogens with zero attached hydrogens (tertiary/aromatic N) is 2. The van der Waals surface area contributed by atoms with Crippen LogP contribution in [0.2, 0.25) is 0 Å². The first-order chi connectivity index (χ1) is 9.10. The third kappa shape index (κ3) is 2.95. The molecule has 1 N–H and O–H groups in total. The molecule has 4 unspecified atom stereocenters. The van der Waals surface area contributed by atoms with E-state index in [-0.39, 0.29) is 5.54 Å². The maximum Gasteiger partial charge on any atom is 0.108 e. The number of likely N-dealkylation sites (tertiary alicyclic amines) is 1. The first-order valence-corrected chi connectivity index (χ1v) is 8.03. The Morgan fingerprint density at radius 3 is 2.42 bits per heavy atom. The monoisotopic (exact) mass is 261 g/mol. The van der Waals surface area contributed by atoms with Gasteiger partial charge >= 0.3 is 0 Å². The summed E-state index contributed by atoms with van der Waals surface area (Å²) in [6, 6.07) is 3.87. The minimum absolute atomic E-state index is 0.213. The van der Waals surface area contributed by atoms with Gasteiger partial charge in [-0.2, -0.15) is 5.26 Å². The van der Waals surface area contributed by atoms with Crippen LogP contribution in [0.15, 0.2) is 0 Å². The summed E-state index contributed by atoms with van der Waals surface area (Å²) < 4.78 is 0. The molecule has 3 aliphatic rings. The Morgan fingerprint density at radius 2 is 1.84 bits per heavy atom. The van der Waals surface area contributed by atoms with Crippen molar-refractivity contribution < 1.29 is 0 Å². The zero-order valence-corrected chi connectivity index (χ0v) is 12.4. The van der Waals surface area contributed by atoms with Gasteiger partial charge in [0.2, 0.25) is 0 Å². The van der Waals surface area contributed by atoms with Crippen molar-refractivity contribution in [2.45, 2.75) is 70.0 Å². The molecular formula is C16H27N3. The Balaban J connectivity index is 1.62. The Morgan fingerprint density at radius 1 is 1.16 bits per heavy atom. The van der Waals surface area contributed by atoms with Crippen LogP contribution < -0.4 is 5.32 Å². The molecule has 1 saturated heterocycles. The van der Waals surface area contributed by atoms with Crippen molar-refractivity contribution in [3.8, 4) is 6.07 Å². The summed E-state index contributed by atoms with van der Waals surface area (Å²) in [5.74, 6) is 1.63. The number of rotatable bonds is 3. The Bertz CT molecular complexity index is 361. The molecule has 3 rings (SSSR count). The summed E-state index contributed by atoms with van der Waals surface area (Å²) in [6.45, 7) is 7.22. The number of nitrogens with one attached hydrogen (secondary N) is 1. The Kier molecular flexibility index (Phi) is 3.57. The Labute approximate surface area is 117 Å². The second kappa shape index (κ2) is 5.07. The zero-order valence-electron chi connectivity index (χ0n) is 12.4. The molecule has 4 atom stereocenters. The fraction of sp³-hybridized carbons (Fsp3) is 0.938. The van der Waals surface area contributed by atoms with Crippen LogP contribution in [-0.2, 0) is 0 Å². The van der Waals surface area contributed by atoms with E-state index in [9.17, 15) is 5.26 Å². The van der Waals surface area contributed by atoms with Crippen molar-refractivity contribution in [1.29, 1.82) is 5.26 Å². The van der Waals surface area contributed by atoms with Gasteiger partial charge in [0.05, 0.1) is 6.07 Å². The summed E-state index contributed by atoms with van der Waals surface area (Å²) in [5, 5.41) is 13.2. The van der Waals surface area contributed by atoms with Crippen LogP contribution in [0.3, 0.4) is 0 Å². The quantitative estimate of drug-likeness (QED) is 0.848. The highest BCUT2D eigenvalue weighted by molar-refractivity contribution is 5.15. The van der Waals surface area contributed by atoms with E-state index in [2.05, 4.69) is 30.1 Å². The van der Waals surface area contributed by atoms with Crippen molar-refractivity contribution in [3.63, 3.8) is 0 Å². The van der Waals surface area contributed by atoms with Gasteiger partial charge in [-0.25, -0.2) is 0 Å². The summed E-state index contributed by atoms with van der Waals surface area (Å²) in [6.07, 6.45) is 7.20. The van der Waals surface area contributed by atoms with Gasteiger partial charge in [0.1, 0.15) is 5.54 Å². The number of hydrogen-bond donors (Lipinski definition) is 1. The van der Waals surface area contributed by atoms with Crippen LogP contribution in [0.5, 0.6) is 0 Å². The van der Waals surface area contributed by atoms with E-state index in [1.807, 2.05) is 0 Å². The highest BCUT2D eigenvalue weighted by Crippen LogP contribution is 2.37. The molecule has 3 heteroatoms. The van der Waals surface area contributed by atoms with Crippen molar-refractivity contribution in [1.82, 2.24) is 10.2 Å². The molecule has 3 fully saturated rings. The maximum absolute atomic E-state index is 9.58. The van der Waals surface area contributed by atoms with E-state index in [0.717, 1.165) is 24.7 Å². The van der Waals surface area contributed by atoms with Crippen LogP contribution in [0.1, 0.15) is 52.4 Å². The summed E-state index contributed by atoms with van der Waals surface area (Å²) in [4.78, 5) is 2.67. The van der Waals surface area contributed by atoms with E-state index >= 15 is 0 Å². The van der Waals surface area contributed by atoms with Gasteiger partial charge in [0.25, 0.3) is 0 Å². The van der Waals surface area contributed by atoms with Gasteiger partial charge in [-0.1, -0.05) is 13.8 Å². The van der Waals surface area contributed by atoms with Crippen molar-refractivity contribution in [3.05, 3.63) is 0 Å². The predicted octanol–water partition coefficient (Wildman–Crippen LogP) is 2.53. The van der Waals surface area contributed by atoms with Crippen molar-refractivity contribution >= 4 is 0 Å². The summed E-state index contributed by atoms with van der Waals surface area (Å²) in [7, 11) is 0. The van der Waals surface area contributed by atoms with E-state index in [1.165, 1.54) is 38.8 Å². The van der Waals surface area contributed by atoms with Crippen LogP contribution in [0, 0.1) is 23.2 Å². The van der Waals surface area contributed by atoms with Crippen molar-refractivity contribution in [2.75, 3.05) is 13.1 Å². The normalized spacial score (nSPS) is 44.2. The number of piperidine rings is 1. The molecule has 2 aliphatic carbocycles. The minimum atomic E-state index is -0.213. The third-order valence-electron chi connectivity index (χ3n) is 5.17. The van der Waals surface area contributed by atoms with E-state index in [4.69, 9.17) is 0 Å². The van der Waals surface area contributed by atoms with Gasteiger partial charge in [0, 0.05) is 25.2 Å². The topological polar surface area (TPSA) is 39.1 Å². The van der Waals surface area contributed by atoms with Crippen LogP contribution in [0.4, 0.5) is 0 Å². The lowest BCUT2D eigenvalue weighted by molar-refractivity contribution is 0.0949. The van der Waals surface area contributed by atoms with Crippen LogP contribution in [-0.4, -0.2) is 35.6 Å². The molecule has 0 aromatic carbocycles. The predicted molar refractivity (Wildman–Crippen MR) is 76.7 cm³/mol. The first kappa shape index (κ1) is 13.4. The fourth-order valence-corrected chi connectivity index (χ4v) is 4.22. The maximum atomic E-state index is 9.58. The van der Waals surface area contributed by atoms with Crippen LogP contribution in [0.25, 0.3) is 0 Å². The lowest BCUT2D eigenvalue weighted by atomic mass is 9.90. The molecule has 2 saturated carbocycles. The Hall–Kier alpha value is -0.590. The smallest absolute Gasteiger partial charge is 0.108 e.